The Bertz CT molecular complexity index is 490. The van der Waals surface area contributed by atoms with Gasteiger partial charge < -0.3 is 10.3 Å². The maximum atomic E-state index is 5.66. The lowest BCUT2D eigenvalue weighted by Crippen LogP contribution is -2.03. The van der Waals surface area contributed by atoms with Crippen LogP contribution >= 0.6 is 11.8 Å². The lowest BCUT2D eigenvalue weighted by atomic mass is 10.1. The quantitative estimate of drug-likeness (QED) is 0.776. The summed E-state index contributed by atoms with van der Waals surface area (Å²) in [5.41, 5.74) is 8.38. The van der Waals surface area contributed by atoms with Crippen molar-refractivity contribution in [1.29, 1.82) is 0 Å². The molecule has 0 aliphatic carbocycles. The maximum Gasteiger partial charge on any atom is 0.0483 e. The molecule has 3 heteroatoms. The van der Waals surface area contributed by atoms with E-state index in [1.54, 1.807) is 0 Å². The van der Waals surface area contributed by atoms with Crippen molar-refractivity contribution in [2.75, 3.05) is 18.1 Å². The third-order valence-electron chi connectivity index (χ3n) is 3.21. The summed E-state index contributed by atoms with van der Waals surface area (Å²) in [6, 6.07) is 8.77. The Morgan fingerprint density at radius 1 is 1.28 bits per heavy atom. The van der Waals surface area contributed by atoms with E-state index < -0.39 is 0 Å². The maximum absolute atomic E-state index is 5.66. The molecule has 0 fully saturated rings. The van der Waals surface area contributed by atoms with E-state index >= 15 is 0 Å². The van der Waals surface area contributed by atoms with Gasteiger partial charge in [0.1, 0.15) is 0 Å². The van der Waals surface area contributed by atoms with E-state index in [4.69, 9.17) is 5.73 Å². The average Bonchev–Trinajstić information content (AvgIpc) is 2.80. The van der Waals surface area contributed by atoms with E-state index in [1.165, 1.54) is 34.4 Å². The van der Waals surface area contributed by atoms with Crippen LogP contribution < -0.4 is 5.73 Å². The summed E-state index contributed by atoms with van der Waals surface area (Å²) in [4.78, 5) is 0. The minimum Gasteiger partial charge on any atom is -0.347 e. The van der Waals surface area contributed by atoms with Gasteiger partial charge in [0.2, 0.25) is 0 Å². The summed E-state index contributed by atoms with van der Waals surface area (Å²) < 4.78 is 2.37. The van der Waals surface area contributed by atoms with Crippen LogP contribution in [0, 0.1) is 0 Å². The van der Waals surface area contributed by atoms with E-state index in [1.807, 2.05) is 11.8 Å². The van der Waals surface area contributed by atoms with Gasteiger partial charge in [-0.3, -0.25) is 0 Å². The zero-order valence-electron chi connectivity index (χ0n) is 11.1. The molecule has 1 aromatic heterocycles. The highest BCUT2D eigenvalue weighted by Gasteiger charge is 2.04. The Morgan fingerprint density at radius 2 is 2.17 bits per heavy atom. The number of hydrogen-bond acceptors (Lipinski definition) is 2. The SMILES string of the molecule is CCSCCCn1ccc2c(CCN)cccc21. The Balaban J connectivity index is 2.12. The molecule has 0 spiro atoms. The second-order valence-corrected chi connectivity index (χ2v) is 5.84. The Kier molecular flexibility index (Phi) is 5.14. The zero-order valence-corrected chi connectivity index (χ0v) is 11.9. The van der Waals surface area contributed by atoms with Gasteiger partial charge >= 0.3 is 0 Å². The third kappa shape index (κ3) is 3.09. The van der Waals surface area contributed by atoms with E-state index in [0.29, 0.717) is 0 Å². The lowest BCUT2D eigenvalue weighted by Gasteiger charge is -2.06. The molecule has 1 heterocycles. The van der Waals surface area contributed by atoms with Gasteiger partial charge in [0.25, 0.3) is 0 Å². The molecule has 2 rings (SSSR count). The van der Waals surface area contributed by atoms with E-state index in [2.05, 4.69) is 42.0 Å². The predicted molar refractivity (Wildman–Crippen MR) is 82.3 cm³/mol. The Hall–Kier alpha value is -0.930. The van der Waals surface area contributed by atoms with Gasteiger partial charge in [-0.2, -0.15) is 11.8 Å². The van der Waals surface area contributed by atoms with Gasteiger partial charge in [0, 0.05) is 23.6 Å². The van der Waals surface area contributed by atoms with Gasteiger partial charge in [0.15, 0.2) is 0 Å². The molecule has 0 amide bonds. The molecule has 98 valence electrons. The van der Waals surface area contributed by atoms with Gasteiger partial charge in [-0.1, -0.05) is 19.1 Å². The van der Waals surface area contributed by atoms with Crippen LogP contribution in [0.4, 0.5) is 0 Å². The fourth-order valence-corrected chi connectivity index (χ4v) is 2.96. The van der Waals surface area contributed by atoms with Crippen LogP contribution in [-0.4, -0.2) is 22.6 Å². The van der Waals surface area contributed by atoms with Crippen molar-refractivity contribution >= 4 is 22.7 Å². The number of thioether (sulfide) groups is 1. The monoisotopic (exact) mass is 262 g/mol. The molecule has 0 saturated carbocycles. The summed E-state index contributed by atoms with van der Waals surface area (Å²) in [6.07, 6.45) is 4.41. The molecular weight excluding hydrogens is 240 g/mol. The highest BCUT2D eigenvalue weighted by molar-refractivity contribution is 7.99. The Morgan fingerprint density at radius 3 is 2.94 bits per heavy atom. The summed E-state index contributed by atoms with van der Waals surface area (Å²) in [5, 5.41) is 1.37. The number of nitrogens with zero attached hydrogens (tertiary/aromatic N) is 1. The fraction of sp³-hybridized carbons (Fsp3) is 0.467. The second kappa shape index (κ2) is 6.86. The van der Waals surface area contributed by atoms with Crippen molar-refractivity contribution in [3.05, 3.63) is 36.0 Å². The molecule has 0 unspecified atom stereocenters. The molecule has 2 N–H and O–H groups in total. The molecule has 2 nitrogen and oxygen atoms in total. The number of benzene rings is 1. The van der Waals surface area contributed by atoms with E-state index in [-0.39, 0.29) is 0 Å². The summed E-state index contributed by atoms with van der Waals surface area (Å²) in [6.45, 7) is 4.05. The first-order valence-corrected chi connectivity index (χ1v) is 7.87. The number of rotatable bonds is 7. The van der Waals surface area contributed by atoms with Gasteiger partial charge in [0.05, 0.1) is 0 Å². The zero-order chi connectivity index (χ0) is 12.8. The lowest BCUT2D eigenvalue weighted by molar-refractivity contribution is 0.709. The molecule has 2 aromatic rings. The average molecular weight is 262 g/mol. The number of nitrogens with two attached hydrogens (primary N) is 1. The first kappa shape index (κ1) is 13.5. The minimum atomic E-state index is 0.720. The highest BCUT2D eigenvalue weighted by Crippen LogP contribution is 2.21. The van der Waals surface area contributed by atoms with Crippen LogP contribution in [-0.2, 0) is 13.0 Å². The topological polar surface area (TPSA) is 30.9 Å². The van der Waals surface area contributed by atoms with Crippen molar-refractivity contribution in [3.8, 4) is 0 Å². The normalized spacial score (nSPS) is 11.2. The molecule has 0 aliphatic rings. The molecular formula is C15H22N2S. The van der Waals surface area contributed by atoms with Gasteiger partial charge in [-0.15, -0.1) is 0 Å². The van der Waals surface area contributed by atoms with Crippen molar-refractivity contribution in [2.24, 2.45) is 5.73 Å². The number of fused-ring (bicyclic) bond motifs is 1. The van der Waals surface area contributed by atoms with E-state index in [0.717, 1.165) is 19.5 Å². The van der Waals surface area contributed by atoms with Crippen molar-refractivity contribution in [2.45, 2.75) is 26.3 Å². The minimum absolute atomic E-state index is 0.720. The fourth-order valence-electron chi connectivity index (χ4n) is 2.34. The smallest absolute Gasteiger partial charge is 0.0483 e. The summed E-state index contributed by atoms with van der Waals surface area (Å²) in [5.74, 6) is 2.46. The number of aryl methyl sites for hydroxylation is 1. The molecule has 0 radical (unpaired) electrons. The number of aromatic nitrogens is 1. The predicted octanol–water partition coefficient (Wildman–Crippen LogP) is 3.29. The largest absolute Gasteiger partial charge is 0.347 e. The van der Waals surface area contributed by atoms with Crippen molar-refractivity contribution < 1.29 is 0 Å². The molecule has 1 aromatic carbocycles. The second-order valence-electron chi connectivity index (χ2n) is 4.45. The van der Waals surface area contributed by atoms with Crippen molar-refractivity contribution in [3.63, 3.8) is 0 Å². The standard InChI is InChI=1S/C15H22N2S/c1-2-18-12-4-10-17-11-8-14-13(7-9-16)5-3-6-15(14)17/h3,5-6,8,11H,2,4,7,9-10,12,16H2,1H3. The Labute approximate surface area is 114 Å². The highest BCUT2D eigenvalue weighted by atomic mass is 32.2. The molecule has 18 heavy (non-hydrogen) atoms. The van der Waals surface area contributed by atoms with Crippen LogP contribution in [0.5, 0.6) is 0 Å². The summed E-state index contributed by atoms with van der Waals surface area (Å²) >= 11 is 2.02. The molecule has 0 bridgehead atoms. The van der Waals surface area contributed by atoms with Crippen molar-refractivity contribution in [1.82, 2.24) is 4.57 Å². The van der Waals surface area contributed by atoms with Crippen LogP contribution in [0.1, 0.15) is 18.9 Å². The first-order valence-electron chi connectivity index (χ1n) is 6.71. The summed E-state index contributed by atoms with van der Waals surface area (Å²) in [7, 11) is 0. The molecule has 0 aliphatic heterocycles. The molecule has 0 atom stereocenters. The van der Waals surface area contributed by atoms with Crippen LogP contribution in [0.15, 0.2) is 30.5 Å². The third-order valence-corrected chi connectivity index (χ3v) is 4.20. The first-order chi connectivity index (χ1) is 8.86. The molecule has 0 saturated heterocycles. The number of hydrogen-bond donors (Lipinski definition) is 1. The van der Waals surface area contributed by atoms with Crippen LogP contribution in [0.3, 0.4) is 0 Å². The van der Waals surface area contributed by atoms with E-state index in [9.17, 15) is 0 Å². The van der Waals surface area contributed by atoms with Crippen LogP contribution in [0.2, 0.25) is 0 Å². The van der Waals surface area contributed by atoms with Gasteiger partial charge in [-0.25, -0.2) is 0 Å². The van der Waals surface area contributed by atoms with Crippen LogP contribution in [0.25, 0.3) is 10.9 Å². The van der Waals surface area contributed by atoms with Gasteiger partial charge in [-0.05, 0) is 48.6 Å².